The average molecular weight is 904 g/mol. The van der Waals surface area contributed by atoms with Crippen LogP contribution in [0.4, 0.5) is 0 Å². The molecule has 11 heteroatoms. The van der Waals surface area contributed by atoms with Crippen molar-refractivity contribution in [2.75, 3.05) is 13.2 Å². The number of hydrogen-bond donors (Lipinski definition) is 0. The molecular formula is C51H67O7Si4. The Morgan fingerprint density at radius 1 is 0.581 bits per heavy atom. The molecule has 0 bridgehead atoms. The van der Waals surface area contributed by atoms with Gasteiger partial charge < -0.3 is 27.2 Å². The molecule has 329 valence electrons. The molecule has 0 aliphatic carbocycles. The van der Waals surface area contributed by atoms with Crippen molar-refractivity contribution < 1.29 is 32.0 Å². The number of rotatable bonds is 28. The molecule has 3 aromatic carbocycles. The van der Waals surface area contributed by atoms with Crippen LogP contribution in [0.15, 0.2) is 66.7 Å². The maximum Gasteiger partial charge on any atom is 0.347 e. The number of unbranched alkanes of at least 4 members (excludes halogenated alkanes) is 10. The first kappa shape index (κ1) is 51.9. The minimum atomic E-state index is -1.84. The van der Waals surface area contributed by atoms with Gasteiger partial charge in [0, 0.05) is 23.8 Å². The van der Waals surface area contributed by atoms with Crippen LogP contribution in [0, 0.1) is 48.1 Å². The number of hydrogen-bond acceptors (Lipinski definition) is 7. The van der Waals surface area contributed by atoms with Crippen LogP contribution < -0.4 is 18.9 Å². The maximum absolute atomic E-state index is 13.6. The van der Waals surface area contributed by atoms with E-state index < -0.39 is 30.9 Å². The molecule has 62 heavy (non-hydrogen) atoms. The number of esters is 1. The van der Waals surface area contributed by atoms with Crippen molar-refractivity contribution in [2.24, 2.45) is 0 Å². The van der Waals surface area contributed by atoms with Crippen molar-refractivity contribution in [1.29, 1.82) is 0 Å². The lowest BCUT2D eigenvalue weighted by Crippen LogP contribution is -2.45. The highest BCUT2D eigenvalue weighted by Crippen LogP contribution is 2.30. The second-order valence-electron chi connectivity index (χ2n) is 17.4. The van der Waals surface area contributed by atoms with Crippen molar-refractivity contribution in [3.63, 3.8) is 0 Å². The molecule has 0 aliphatic rings. The smallest absolute Gasteiger partial charge is 0.347 e. The maximum atomic E-state index is 13.6. The van der Waals surface area contributed by atoms with Gasteiger partial charge >= 0.3 is 5.97 Å². The quantitative estimate of drug-likeness (QED) is 0.0236. The Kier molecular flexibility index (Phi) is 23.7. The van der Waals surface area contributed by atoms with E-state index >= 15 is 0 Å². The molecular weight excluding hydrogens is 837 g/mol. The molecule has 0 N–H and O–H groups in total. The summed E-state index contributed by atoms with van der Waals surface area (Å²) in [5.74, 6) is 16.3. The second-order valence-corrected chi connectivity index (χ2v) is 31.1. The van der Waals surface area contributed by atoms with Crippen LogP contribution in [0.3, 0.4) is 0 Å². The lowest BCUT2D eigenvalue weighted by molar-refractivity contribution is 0.0730. The van der Waals surface area contributed by atoms with Gasteiger partial charge in [0.15, 0.2) is 25.0 Å². The minimum absolute atomic E-state index is 0.280. The van der Waals surface area contributed by atoms with Gasteiger partial charge in [-0.3, -0.25) is 0 Å². The third-order valence-corrected chi connectivity index (χ3v) is 21.9. The third-order valence-electron chi connectivity index (χ3n) is 10.3. The van der Waals surface area contributed by atoms with Gasteiger partial charge in [-0.15, -0.1) is 6.42 Å². The molecule has 0 atom stereocenters. The summed E-state index contributed by atoms with van der Waals surface area (Å²) < 4.78 is 36.1. The lowest BCUT2D eigenvalue weighted by atomic mass is 10.1. The number of carbonyl (C=O) groups excluding carboxylic acids is 1. The van der Waals surface area contributed by atoms with Crippen molar-refractivity contribution in [3.05, 3.63) is 72.3 Å². The summed E-state index contributed by atoms with van der Waals surface area (Å²) >= 11 is 0. The van der Waals surface area contributed by atoms with E-state index in [1.807, 2.05) is 24.3 Å². The van der Waals surface area contributed by atoms with Crippen LogP contribution in [0.25, 0.3) is 11.1 Å². The van der Waals surface area contributed by atoms with Crippen LogP contribution in [0.1, 0.15) is 94.3 Å². The SMILES string of the molecule is C#CC#CC#CC#COc1ccc(C(=O)Oc2ccc(-c3ccc(OCCCCCCCCCCC)cc3)cc2)c(OCCCCC[Si](C)(C)O[Si](C)(C)CC[Si](C)(C)O[Si])c1. The standard InChI is InChI=1S/C51H67O7Si4/c1-9-11-13-15-17-18-19-21-23-37-53-46-31-27-44(28-32-46)45-29-33-47(34-30-45)56-51(52)49-36-35-48(54-38-24-20-16-14-12-10-2)43-50(49)55-39-25-22-26-40-61(5,6)58-62(7,8)42-41-60(3,4)57-59/h2,27-36,43H,9,11,13,15,17-19,21-23,25-26,37,39-42H2,1,3-8H3. The molecule has 0 aromatic heterocycles. The van der Waals surface area contributed by atoms with E-state index in [9.17, 15) is 4.79 Å². The molecule has 3 aromatic rings. The predicted molar refractivity (Wildman–Crippen MR) is 263 cm³/mol. The zero-order chi connectivity index (χ0) is 45.1. The van der Waals surface area contributed by atoms with Crippen LogP contribution in [0.5, 0.6) is 23.0 Å². The van der Waals surface area contributed by atoms with Gasteiger partial charge in [-0.05, 0) is 136 Å². The van der Waals surface area contributed by atoms with Crippen LogP contribution >= 0.6 is 0 Å². The number of carbonyl (C=O) groups is 1. The van der Waals surface area contributed by atoms with Gasteiger partial charge in [0.1, 0.15) is 34.7 Å². The van der Waals surface area contributed by atoms with Crippen molar-refractivity contribution in [3.8, 4) is 82.2 Å². The summed E-state index contributed by atoms with van der Waals surface area (Å²) in [5, 5.41) is 0. The van der Waals surface area contributed by atoms with Crippen LogP contribution in [0.2, 0.25) is 57.4 Å². The molecule has 0 saturated heterocycles. The van der Waals surface area contributed by atoms with E-state index in [2.05, 4.69) is 110 Å². The fraction of sp³-hybridized carbons (Fsp3) is 0.471. The molecule has 0 heterocycles. The van der Waals surface area contributed by atoms with Crippen LogP contribution in [-0.4, -0.2) is 54.6 Å². The highest BCUT2D eigenvalue weighted by Gasteiger charge is 2.34. The summed E-state index contributed by atoms with van der Waals surface area (Å²) in [6.45, 7) is 17.2. The minimum Gasteiger partial charge on any atom is -0.494 e. The van der Waals surface area contributed by atoms with E-state index in [-0.39, 0.29) is 5.56 Å². The fourth-order valence-corrected chi connectivity index (χ4v) is 20.0. The predicted octanol–water partition coefficient (Wildman–Crippen LogP) is 12.7. The molecule has 0 unspecified atom stereocenters. The molecule has 0 saturated carbocycles. The Morgan fingerprint density at radius 2 is 1.10 bits per heavy atom. The van der Waals surface area contributed by atoms with Gasteiger partial charge in [-0.1, -0.05) is 95.4 Å². The van der Waals surface area contributed by atoms with E-state index in [0.29, 0.717) is 23.9 Å². The summed E-state index contributed by atoms with van der Waals surface area (Å²) in [6.07, 6.45) is 22.1. The summed E-state index contributed by atoms with van der Waals surface area (Å²) in [5.41, 5.74) is 2.33. The van der Waals surface area contributed by atoms with Gasteiger partial charge in [-0.2, -0.15) is 0 Å². The second kappa shape index (κ2) is 28.3. The average Bonchev–Trinajstić information content (AvgIpc) is 3.25. The Morgan fingerprint density at radius 3 is 1.73 bits per heavy atom. The third kappa shape index (κ3) is 21.6. The largest absolute Gasteiger partial charge is 0.494 e. The first-order valence-corrected chi connectivity index (χ1v) is 32.0. The first-order chi connectivity index (χ1) is 29.8. The zero-order valence-electron chi connectivity index (χ0n) is 38.3. The van der Waals surface area contributed by atoms with E-state index in [1.54, 1.807) is 30.3 Å². The normalized spacial score (nSPS) is 11.1. The molecule has 0 spiro atoms. The molecule has 0 amide bonds. The summed E-state index contributed by atoms with van der Waals surface area (Å²) in [6, 6.07) is 23.8. The molecule has 3 radical (unpaired) electrons. The molecule has 7 nitrogen and oxygen atoms in total. The number of ether oxygens (including phenoxy) is 4. The summed E-state index contributed by atoms with van der Waals surface area (Å²) in [7, 11) is -2.06. The Balaban J connectivity index is 1.56. The molecule has 0 fully saturated rings. The monoisotopic (exact) mass is 903 g/mol. The van der Waals surface area contributed by atoms with Crippen LogP contribution in [-0.2, 0) is 8.23 Å². The highest BCUT2D eigenvalue weighted by molar-refractivity contribution is 6.86. The molecule has 0 aliphatic heterocycles. The van der Waals surface area contributed by atoms with Crippen molar-refractivity contribution in [1.82, 2.24) is 0 Å². The Hall–Kier alpha value is -4.44. The van der Waals surface area contributed by atoms with Gasteiger partial charge in [0.2, 0.25) is 10.5 Å². The first-order valence-electron chi connectivity index (χ1n) is 22.3. The van der Waals surface area contributed by atoms with E-state index in [0.717, 1.165) is 67.3 Å². The van der Waals surface area contributed by atoms with Gasteiger partial charge in [0.05, 0.1) is 13.2 Å². The van der Waals surface area contributed by atoms with Crippen molar-refractivity contribution >= 4 is 41.4 Å². The fourth-order valence-electron chi connectivity index (χ4n) is 6.83. The Bertz CT molecular complexity index is 2040. The van der Waals surface area contributed by atoms with Crippen molar-refractivity contribution in [2.45, 2.75) is 141 Å². The molecule has 3 rings (SSSR count). The topological polar surface area (TPSA) is 72.5 Å². The van der Waals surface area contributed by atoms with E-state index in [4.69, 9.17) is 33.6 Å². The van der Waals surface area contributed by atoms with Gasteiger partial charge in [0.25, 0.3) is 0 Å². The van der Waals surface area contributed by atoms with E-state index in [1.165, 1.54) is 51.4 Å². The number of terminal acetylenes is 1. The lowest BCUT2D eigenvalue weighted by Gasteiger charge is -2.35. The highest BCUT2D eigenvalue weighted by atomic mass is 28.4. The Labute approximate surface area is 380 Å². The zero-order valence-corrected chi connectivity index (χ0v) is 42.3. The summed E-state index contributed by atoms with van der Waals surface area (Å²) in [4.78, 5) is 13.6. The van der Waals surface area contributed by atoms with Gasteiger partial charge in [-0.25, -0.2) is 4.79 Å². The number of benzene rings is 3.